The Morgan fingerprint density at radius 3 is 1.25 bits per heavy atom. The Bertz CT molecular complexity index is 533. The zero-order chi connectivity index (χ0) is 29.4. The van der Waals surface area contributed by atoms with Crippen LogP contribution in [0.2, 0.25) is 0 Å². The van der Waals surface area contributed by atoms with Crippen LogP contribution in [0.25, 0.3) is 0 Å². The summed E-state index contributed by atoms with van der Waals surface area (Å²) in [6, 6.07) is 0. The standard InChI is InChI=1S/C36H70O4/c1-4-7-9-11-22-26-32-39-35(37)29-25-21-19-17-15-13-14-16-18-20-24-28-34(6-3)30-31-36(38)40-33-27-23-12-10-8-5-2/h34H,4-33H2,1-3H3. The maximum Gasteiger partial charge on any atom is 0.305 e. The molecule has 0 aromatic rings. The summed E-state index contributed by atoms with van der Waals surface area (Å²) in [4.78, 5) is 23.8. The van der Waals surface area contributed by atoms with Gasteiger partial charge >= 0.3 is 11.9 Å². The van der Waals surface area contributed by atoms with Crippen LogP contribution in [0.4, 0.5) is 0 Å². The molecule has 1 unspecified atom stereocenters. The Kier molecular flexibility index (Phi) is 31.6. The van der Waals surface area contributed by atoms with Gasteiger partial charge in [-0.1, -0.05) is 162 Å². The number of hydrogen-bond donors (Lipinski definition) is 0. The van der Waals surface area contributed by atoms with Crippen molar-refractivity contribution >= 4 is 11.9 Å². The second kappa shape index (κ2) is 32.5. The van der Waals surface area contributed by atoms with E-state index in [1.807, 2.05) is 0 Å². The molecule has 1 atom stereocenters. The molecule has 0 aromatic heterocycles. The summed E-state index contributed by atoms with van der Waals surface area (Å²) in [5.74, 6) is 0.678. The van der Waals surface area contributed by atoms with Crippen molar-refractivity contribution in [3.05, 3.63) is 0 Å². The molecule has 0 aliphatic heterocycles. The topological polar surface area (TPSA) is 52.6 Å². The summed E-state index contributed by atoms with van der Waals surface area (Å²) in [7, 11) is 0. The first kappa shape index (κ1) is 38.9. The van der Waals surface area contributed by atoms with E-state index in [1.54, 1.807) is 0 Å². The van der Waals surface area contributed by atoms with E-state index in [-0.39, 0.29) is 11.9 Å². The van der Waals surface area contributed by atoms with Gasteiger partial charge in [-0.15, -0.1) is 0 Å². The normalized spacial score (nSPS) is 12.0. The van der Waals surface area contributed by atoms with Gasteiger partial charge < -0.3 is 9.47 Å². The lowest BCUT2D eigenvalue weighted by molar-refractivity contribution is -0.145. The van der Waals surface area contributed by atoms with Crippen LogP contribution in [-0.4, -0.2) is 25.2 Å². The lowest BCUT2D eigenvalue weighted by atomic mass is 9.93. The Balaban J connectivity index is 3.40. The molecular formula is C36H70O4. The first-order valence-electron chi connectivity index (χ1n) is 17.9. The fraction of sp³-hybridized carbons (Fsp3) is 0.944. The Labute approximate surface area is 250 Å². The van der Waals surface area contributed by atoms with E-state index < -0.39 is 0 Å². The fourth-order valence-corrected chi connectivity index (χ4v) is 5.45. The maximum atomic E-state index is 12.0. The molecule has 0 fully saturated rings. The van der Waals surface area contributed by atoms with Gasteiger partial charge in [-0.3, -0.25) is 9.59 Å². The number of hydrogen-bond acceptors (Lipinski definition) is 4. The van der Waals surface area contributed by atoms with E-state index in [4.69, 9.17) is 9.47 Å². The first-order chi connectivity index (χ1) is 19.6. The average molecular weight is 567 g/mol. The molecule has 0 aromatic carbocycles. The highest BCUT2D eigenvalue weighted by Gasteiger charge is 2.10. The monoisotopic (exact) mass is 567 g/mol. The van der Waals surface area contributed by atoms with Gasteiger partial charge in [0, 0.05) is 12.8 Å². The Hall–Kier alpha value is -1.06. The molecule has 0 radical (unpaired) electrons. The van der Waals surface area contributed by atoms with Gasteiger partial charge in [-0.25, -0.2) is 0 Å². The molecule has 0 aliphatic carbocycles. The van der Waals surface area contributed by atoms with Crippen molar-refractivity contribution in [3.63, 3.8) is 0 Å². The van der Waals surface area contributed by atoms with E-state index in [2.05, 4.69) is 20.8 Å². The van der Waals surface area contributed by atoms with E-state index in [0.717, 1.165) is 32.1 Å². The first-order valence-corrected chi connectivity index (χ1v) is 17.9. The van der Waals surface area contributed by atoms with Crippen molar-refractivity contribution < 1.29 is 19.1 Å². The molecule has 0 aliphatic rings. The van der Waals surface area contributed by atoms with Gasteiger partial charge in [0.1, 0.15) is 0 Å². The number of ether oxygens (including phenoxy) is 2. The third kappa shape index (κ3) is 29.9. The van der Waals surface area contributed by atoms with Crippen molar-refractivity contribution in [3.8, 4) is 0 Å². The van der Waals surface area contributed by atoms with E-state index in [0.29, 0.717) is 32.0 Å². The van der Waals surface area contributed by atoms with Crippen LogP contribution in [0, 0.1) is 5.92 Å². The molecule has 4 nitrogen and oxygen atoms in total. The highest BCUT2D eigenvalue weighted by Crippen LogP contribution is 2.21. The predicted molar refractivity (Wildman–Crippen MR) is 172 cm³/mol. The predicted octanol–water partition coefficient (Wildman–Crippen LogP) is 11.7. The summed E-state index contributed by atoms with van der Waals surface area (Å²) < 4.78 is 10.8. The lowest BCUT2D eigenvalue weighted by Crippen LogP contribution is -2.09. The summed E-state index contributed by atoms with van der Waals surface area (Å²) in [6.45, 7) is 7.95. The van der Waals surface area contributed by atoms with Gasteiger partial charge in [-0.2, -0.15) is 0 Å². The minimum Gasteiger partial charge on any atom is -0.466 e. The Morgan fingerprint density at radius 2 is 0.800 bits per heavy atom. The smallest absolute Gasteiger partial charge is 0.305 e. The van der Waals surface area contributed by atoms with Crippen LogP contribution in [0.5, 0.6) is 0 Å². The molecule has 238 valence electrons. The Morgan fingerprint density at radius 1 is 0.425 bits per heavy atom. The van der Waals surface area contributed by atoms with Crippen molar-refractivity contribution in [2.45, 2.75) is 201 Å². The summed E-state index contributed by atoms with van der Waals surface area (Å²) in [5.41, 5.74) is 0. The number of esters is 2. The van der Waals surface area contributed by atoms with Crippen molar-refractivity contribution in [1.82, 2.24) is 0 Å². The number of unbranched alkanes of at least 4 members (excludes halogenated alkanes) is 20. The van der Waals surface area contributed by atoms with Crippen LogP contribution in [0.1, 0.15) is 201 Å². The summed E-state index contributed by atoms with van der Waals surface area (Å²) in [5, 5.41) is 0. The van der Waals surface area contributed by atoms with Crippen LogP contribution in [0.15, 0.2) is 0 Å². The molecule has 0 heterocycles. The quantitative estimate of drug-likeness (QED) is 0.0600. The molecule has 4 heteroatoms. The van der Waals surface area contributed by atoms with E-state index >= 15 is 0 Å². The highest BCUT2D eigenvalue weighted by molar-refractivity contribution is 5.69. The summed E-state index contributed by atoms with van der Waals surface area (Å²) >= 11 is 0. The highest BCUT2D eigenvalue weighted by atomic mass is 16.5. The number of carbonyl (C=O) groups excluding carboxylic acids is 2. The number of rotatable bonds is 32. The molecule has 0 saturated carbocycles. The van der Waals surface area contributed by atoms with Crippen molar-refractivity contribution in [2.75, 3.05) is 13.2 Å². The number of carbonyl (C=O) groups is 2. The zero-order valence-corrected chi connectivity index (χ0v) is 27.4. The van der Waals surface area contributed by atoms with Crippen LogP contribution in [-0.2, 0) is 19.1 Å². The molecule has 0 N–H and O–H groups in total. The van der Waals surface area contributed by atoms with Crippen molar-refractivity contribution in [1.29, 1.82) is 0 Å². The van der Waals surface area contributed by atoms with E-state index in [9.17, 15) is 9.59 Å². The van der Waals surface area contributed by atoms with Crippen LogP contribution < -0.4 is 0 Å². The summed E-state index contributed by atoms with van der Waals surface area (Å²) in [6.07, 6.45) is 33.4. The minimum atomic E-state index is 0.000115. The molecule has 0 bridgehead atoms. The SMILES string of the molecule is CCCCCCCCOC(=O)CCCCCCCCCCCCCC(CC)CCC(=O)OCCCCCCCC. The lowest BCUT2D eigenvalue weighted by Gasteiger charge is -2.14. The van der Waals surface area contributed by atoms with Gasteiger partial charge in [0.25, 0.3) is 0 Å². The molecule has 40 heavy (non-hydrogen) atoms. The van der Waals surface area contributed by atoms with Crippen LogP contribution >= 0.6 is 0 Å². The maximum absolute atomic E-state index is 12.0. The van der Waals surface area contributed by atoms with E-state index in [1.165, 1.54) is 135 Å². The van der Waals surface area contributed by atoms with Gasteiger partial charge in [0.05, 0.1) is 13.2 Å². The molecular weight excluding hydrogens is 496 g/mol. The fourth-order valence-electron chi connectivity index (χ4n) is 5.45. The largest absolute Gasteiger partial charge is 0.466 e. The third-order valence-electron chi connectivity index (χ3n) is 8.35. The van der Waals surface area contributed by atoms with Gasteiger partial charge in [0.2, 0.25) is 0 Å². The molecule has 0 spiro atoms. The van der Waals surface area contributed by atoms with Gasteiger partial charge in [0.15, 0.2) is 0 Å². The van der Waals surface area contributed by atoms with Crippen molar-refractivity contribution in [2.24, 2.45) is 5.92 Å². The average Bonchev–Trinajstić information content (AvgIpc) is 2.96. The molecule has 0 rings (SSSR count). The third-order valence-corrected chi connectivity index (χ3v) is 8.35. The zero-order valence-electron chi connectivity index (χ0n) is 27.4. The minimum absolute atomic E-state index is 0.000115. The molecule has 0 amide bonds. The second-order valence-electron chi connectivity index (χ2n) is 12.2. The molecule has 0 saturated heterocycles. The second-order valence-corrected chi connectivity index (χ2v) is 12.2. The van der Waals surface area contributed by atoms with Gasteiger partial charge in [-0.05, 0) is 31.6 Å². The van der Waals surface area contributed by atoms with Crippen LogP contribution in [0.3, 0.4) is 0 Å².